The fourth-order valence-corrected chi connectivity index (χ4v) is 4.14. The van der Waals surface area contributed by atoms with Gasteiger partial charge in [-0.05, 0) is 82.8 Å². The number of piperidine rings is 1. The summed E-state index contributed by atoms with van der Waals surface area (Å²) >= 11 is 0. The van der Waals surface area contributed by atoms with Crippen molar-refractivity contribution in [3.05, 3.63) is 29.8 Å². The van der Waals surface area contributed by atoms with Crippen LogP contribution in [0.1, 0.15) is 58.9 Å². The third kappa shape index (κ3) is 9.08. The zero-order chi connectivity index (χ0) is 22.5. The molecule has 1 atom stereocenters. The maximum absolute atomic E-state index is 9.32. The van der Waals surface area contributed by atoms with Crippen molar-refractivity contribution in [1.82, 2.24) is 15.5 Å². The second-order valence-corrected chi connectivity index (χ2v) is 8.69. The minimum atomic E-state index is 0.321. The second-order valence-electron chi connectivity index (χ2n) is 8.69. The molecule has 3 N–H and O–H groups in total. The Morgan fingerprint density at radius 2 is 1.84 bits per heavy atom. The van der Waals surface area contributed by atoms with Gasteiger partial charge in [0.15, 0.2) is 5.96 Å². The number of aliphatic hydroxyl groups excluding tert-OH is 1. The van der Waals surface area contributed by atoms with E-state index in [0.29, 0.717) is 25.1 Å². The first-order valence-electron chi connectivity index (χ1n) is 12.3. The number of nitrogens with zero attached hydrogens (tertiary/aromatic N) is 3. The van der Waals surface area contributed by atoms with Crippen LogP contribution in [0.4, 0.5) is 5.69 Å². The molecule has 0 amide bonds. The van der Waals surface area contributed by atoms with E-state index in [-0.39, 0.29) is 0 Å². The summed E-state index contributed by atoms with van der Waals surface area (Å²) in [6, 6.07) is 9.19. The summed E-state index contributed by atoms with van der Waals surface area (Å²) in [5.74, 6) is 1.37. The lowest BCUT2D eigenvalue weighted by Crippen LogP contribution is -2.42. The first kappa shape index (κ1) is 25.5. The summed E-state index contributed by atoms with van der Waals surface area (Å²) in [6.45, 7) is 16.1. The zero-order valence-corrected chi connectivity index (χ0v) is 20.2. The van der Waals surface area contributed by atoms with E-state index in [2.05, 4.69) is 72.4 Å². The van der Waals surface area contributed by atoms with Crippen molar-refractivity contribution in [2.24, 2.45) is 10.9 Å². The molecule has 0 radical (unpaired) electrons. The maximum Gasteiger partial charge on any atom is 0.191 e. The van der Waals surface area contributed by atoms with Gasteiger partial charge in [0.05, 0.1) is 6.54 Å². The van der Waals surface area contributed by atoms with Crippen molar-refractivity contribution >= 4 is 11.6 Å². The number of aliphatic imine (C=N–C) groups is 1. The van der Waals surface area contributed by atoms with Crippen LogP contribution in [-0.4, -0.2) is 67.9 Å². The largest absolute Gasteiger partial charge is 0.396 e. The number of benzene rings is 1. The van der Waals surface area contributed by atoms with E-state index >= 15 is 0 Å². The Hall–Kier alpha value is -1.79. The molecule has 1 aromatic rings. The lowest BCUT2D eigenvalue weighted by atomic mass is 9.97. The Kier molecular flexibility index (Phi) is 11.8. The highest BCUT2D eigenvalue weighted by atomic mass is 16.3. The normalized spacial score (nSPS) is 16.6. The highest BCUT2D eigenvalue weighted by molar-refractivity contribution is 5.80. The molecular weight excluding hydrogens is 386 g/mol. The first-order valence-corrected chi connectivity index (χ1v) is 12.3. The van der Waals surface area contributed by atoms with Gasteiger partial charge < -0.3 is 25.5 Å². The van der Waals surface area contributed by atoms with Crippen LogP contribution in [0.5, 0.6) is 0 Å². The van der Waals surface area contributed by atoms with E-state index in [9.17, 15) is 5.11 Å². The first-order chi connectivity index (χ1) is 15.1. The van der Waals surface area contributed by atoms with E-state index < -0.39 is 0 Å². The fourth-order valence-electron chi connectivity index (χ4n) is 4.14. The number of hydrogen-bond acceptors (Lipinski definition) is 4. The number of guanidine groups is 1. The molecule has 2 rings (SSSR count). The fraction of sp³-hybridized carbons (Fsp3) is 0.720. The van der Waals surface area contributed by atoms with Gasteiger partial charge in [0.2, 0.25) is 0 Å². The molecule has 0 spiro atoms. The third-order valence-electron chi connectivity index (χ3n) is 6.33. The highest BCUT2D eigenvalue weighted by Crippen LogP contribution is 2.23. The average Bonchev–Trinajstić information content (AvgIpc) is 2.81. The Bertz CT molecular complexity index is 621. The lowest BCUT2D eigenvalue weighted by molar-refractivity contribution is 0.203. The van der Waals surface area contributed by atoms with Crippen LogP contribution in [0.25, 0.3) is 0 Å². The topological polar surface area (TPSA) is 63.1 Å². The minimum absolute atomic E-state index is 0.321. The molecule has 1 aliphatic heterocycles. The number of rotatable bonds is 12. The predicted octanol–water partition coefficient (Wildman–Crippen LogP) is 3.46. The molecular formula is C25H45N5O. The molecule has 0 saturated carbocycles. The van der Waals surface area contributed by atoms with Crippen molar-refractivity contribution in [2.45, 2.75) is 66.0 Å². The van der Waals surface area contributed by atoms with Gasteiger partial charge in [-0.15, -0.1) is 0 Å². The van der Waals surface area contributed by atoms with Crippen LogP contribution in [0.15, 0.2) is 29.3 Å². The van der Waals surface area contributed by atoms with Crippen molar-refractivity contribution in [3.8, 4) is 0 Å². The van der Waals surface area contributed by atoms with Gasteiger partial charge in [0, 0.05) is 38.0 Å². The SMILES string of the molecule is CCNC(=NCc1ccc(N2CCC(CO)CC2)cc1)NC(C)CCCN(CC)CC. The molecule has 0 bridgehead atoms. The Morgan fingerprint density at radius 3 is 2.42 bits per heavy atom. The van der Waals surface area contributed by atoms with Crippen LogP contribution in [0.3, 0.4) is 0 Å². The molecule has 1 aliphatic rings. The lowest BCUT2D eigenvalue weighted by Gasteiger charge is -2.32. The van der Waals surface area contributed by atoms with Crippen molar-refractivity contribution in [1.29, 1.82) is 0 Å². The molecule has 0 aliphatic carbocycles. The molecule has 1 heterocycles. The van der Waals surface area contributed by atoms with Crippen LogP contribution < -0.4 is 15.5 Å². The molecule has 1 saturated heterocycles. The molecule has 1 unspecified atom stereocenters. The Balaban J connectivity index is 1.82. The molecule has 6 nitrogen and oxygen atoms in total. The summed E-state index contributed by atoms with van der Waals surface area (Å²) in [5.41, 5.74) is 2.50. The van der Waals surface area contributed by atoms with Crippen molar-refractivity contribution in [2.75, 3.05) is 50.8 Å². The summed E-state index contributed by atoms with van der Waals surface area (Å²) < 4.78 is 0. The monoisotopic (exact) mass is 431 g/mol. The minimum Gasteiger partial charge on any atom is -0.396 e. The quantitative estimate of drug-likeness (QED) is 0.349. The Morgan fingerprint density at radius 1 is 1.16 bits per heavy atom. The zero-order valence-electron chi connectivity index (χ0n) is 20.2. The van der Waals surface area contributed by atoms with Gasteiger partial charge in [0.1, 0.15) is 0 Å². The standard InChI is InChI=1S/C25H45N5O/c1-5-26-25(28-21(4)9-8-16-29(6-2)7-3)27-19-22-10-12-24(13-11-22)30-17-14-23(20-31)15-18-30/h10-13,21,23,31H,5-9,14-20H2,1-4H3,(H2,26,27,28). The molecule has 1 fully saturated rings. The van der Waals surface area contributed by atoms with Crippen LogP contribution in [0.2, 0.25) is 0 Å². The van der Waals surface area contributed by atoms with Gasteiger partial charge in [-0.2, -0.15) is 0 Å². The number of anilines is 1. The molecule has 176 valence electrons. The van der Waals surface area contributed by atoms with Gasteiger partial charge in [-0.1, -0.05) is 26.0 Å². The van der Waals surface area contributed by atoms with Crippen molar-refractivity contribution in [3.63, 3.8) is 0 Å². The van der Waals surface area contributed by atoms with Gasteiger partial charge in [0.25, 0.3) is 0 Å². The molecule has 31 heavy (non-hydrogen) atoms. The second kappa shape index (κ2) is 14.3. The molecule has 1 aromatic carbocycles. The summed E-state index contributed by atoms with van der Waals surface area (Å²) in [7, 11) is 0. The number of aliphatic hydroxyl groups is 1. The Labute approximate surface area is 190 Å². The smallest absolute Gasteiger partial charge is 0.191 e. The maximum atomic E-state index is 9.32. The van der Waals surface area contributed by atoms with Gasteiger partial charge >= 0.3 is 0 Å². The number of hydrogen-bond donors (Lipinski definition) is 3. The molecule has 0 aromatic heterocycles. The number of nitrogens with one attached hydrogen (secondary N) is 2. The summed E-state index contributed by atoms with van der Waals surface area (Å²) in [6.07, 6.45) is 4.50. The van der Waals surface area contributed by atoms with E-state index in [0.717, 1.165) is 64.5 Å². The third-order valence-corrected chi connectivity index (χ3v) is 6.33. The summed E-state index contributed by atoms with van der Waals surface area (Å²) in [5, 5.41) is 16.3. The van der Waals surface area contributed by atoms with E-state index in [1.165, 1.54) is 17.7 Å². The molecule has 6 heteroatoms. The highest BCUT2D eigenvalue weighted by Gasteiger charge is 2.18. The van der Waals surface area contributed by atoms with Crippen LogP contribution in [0, 0.1) is 5.92 Å². The van der Waals surface area contributed by atoms with Crippen LogP contribution in [-0.2, 0) is 6.54 Å². The van der Waals surface area contributed by atoms with Crippen LogP contribution >= 0.6 is 0 Å². The average molecular weight is 432 g/mol. The summed E-state index contributed by atoms with van der Waals surface area (Å²) in [4.78, 5) is 9.70. The van der Waals surface area contributed by atoms with Gasteiger partial charge in [-0.25, -0.2) is 4.99 Å². The predicted molar refractivity (Wildman–Crippen MR) is 133 cm³/mol. The van der Waals surface area contributed by atoms with Crippen molar-refractivity contribution < 1.29 is 5.11 Å². The van der Waals surface area contributed by atoms with E-state index in [1.807, 2.05) is 0 Å². The van der Waals surface area contributed by atoms with E-state index in [1.54, 1.807) is 0 Å². The van der Waals surface area contributed by atoms with E-state index in [4.69, 9.17) is 4.99 Å². The van der Waals surface area contributed by atoms with Gasteiger partial charge in [-0.3, -0.25) is 0 Å².